The predicted molar refractivity (Wildman–Crippen MR) is 83.2 cm³/mol. The number of nitrogens with one attached hydrogen (secondary N) is 1. The van der Waals surface area contributed by atoms with E-state index in [1.807, 2.05) is 23.9 Å². The Morgan fingerprint density at radius 3 is 2.67 bits per heavy atom. The van der Waals surface area contributed by atoms with E-state index in [4.69, 9.17) is 4.74 Å². The number of rotatable bonds is 7. The fraction of sp³-hybridized carbons (Fsp3) is 0.471. The minimum Gasteiger partial charge on any atom is -0.487 e. The summed E-state index contributed by atoms with van der Waals surface area (Å²) in [6, 6.07) is 11.2. The van der Waals surface area contributed by atoms with Crippen LogP contribution in [0.3, 0.4) is 0 Å². The summed E-state index contributed by atoms with van der Waals surface area (Å²) in [5.74, 6) is 0.907. The van der Waals surface area contributed by atoms with E-state index >= 15 is 0 Å². The molecule has 4 heteroatoms. The third kappa shape index (κ3) is 3.85. The standard InChI is InChI=1S/C17H23N3O/c1-3-14-10-16(20(2)19-14)12-21-17-8-4-13(5-9-17)11-18-15-6-7-15/h4-5,8-10,15,18H,3,6-7,11-12H2,1-2H3. The molecule has 0 unspecified atom stereocenters. The van der Waals surface area contributed by atoms with Crippen molar-refractivity contribution in [2.75, 3.05) is 0 Å². The first-order valence-electron chi connectivity index (χ1n) is 7.71. The molecular weight excluding hydrogens is 262 g/mol. The number of aromatic nitrogens is 2. The van der Waals surface area contributed by atoms with Gasteiger partial charge >= 0.3 is 0 Å². The van der Waals surface area contributed by atoms with E-state index < -0.39 is 0 Å². The van der Waals surface area contributed by atoms with Gasteiger partial charge in [-0.1, -0.05) is 19.1 Å². The Labute approximate surface area is 126 Å². The van der Waals surface area contributed by atoms with Gasteiger partial charge in [-0.2, -0.15) is 5.10 Å². The first-order valence-corrected chi connectivity index (χ1v) is 7.71. The average molecular weight is 285 g/mol. The van der Waals surface area contributed by atoms with Crippen molar-refractivity contribution in [2.24, 2.45) is 7.05 Å². The van der Waals surface area contributed by atoms with Crippen molar-refractivity contribution < 1.29 is 4.74 Å². The van der Waals surface area contributed by atoms with Crippen LogP contribution in [0.5, 0.6) is 5.75 Å². The second-order valence-electron chi connectivity index (χ2n) is 5.69. The summed E-state index contributed by atoms with van der Waals surface area (Å²) < 4.78 is 7.74. The lowest BCUT2D eigenvalue weighted by atomic mass is 10.2. The molecule has 1 fully saturated rings. The number of nitrogens with zero attached hydrogens (tertiary/aromatic N) is 2. The monoisotopic (exact) mass is 285 g/mol. The molecule has 0 spiro atoms. The molecule has 3 rings (SSSR count). The molecule has 0 atom stereocenters. The molecular formula is C17H23N3O. The van der Waals surface area contributed by atoms with Gasteiger partial charge in [0, 0.05) is 19.6 Å². The first-order chi connectivity index (χ1) is 10.2. The van der Waals surface area contributed by atoms with Crippen LogP contribution in [0.1, 0.15) is 36.7 Å². The molecule has 2 aromatic rings. The van der Waals surface area contributed by atoms with Crippen LogP contribution in [0.15, 0.2) is 30.3 Å². The minimum atomic E-state index is 0.559. The van der Waals surface area contributed by atoms with Crippen LogP contribution in [0.4, 0.5) is 0 Å². The summed E-state index contributed by atoms with van der Waals surface area (Å²) in [6.45, 7) is 3.62. The summed E-state index contributed by atoms with van der Waals surface area (Å²) in [4.78, 5) is 0. The third-order valence-corrected chi connectivity index (χ3v) is 3.87. The molecule has 21 heavy (non-hydrogen) atoms. The highest BCUT2D eigenvalue weighted by molar-refractivity contribution is 5.27. The van der Waals surface area contributed by atoms with Crippen LogP contribution in [0.25, 0.3) is 0 Å². The second kappa shape index (κ2) is 6.31. The van der Waals surface area contributed by atoms with E-state index in [0.29, 0.717) is 6.61 Å². The molecule has 0 amide bonds. The van der Waals surface area contributed by atoms with Gasteiger partial charge in [-0.25, -0.2) is 0 Å². The van der Waals surface area contributed by atoms with E-state index in [0.717, 1.165) is 36.1 Å². The van der Waals surface area contributed by atoms with Crippen molar-refractivity contribution in [1.29, 1.82) is 0 Å². The fourth-order valence-corrected chi connectivity index (χ4v) is 2.29. The molecule has 0 aliphatic heterocycles. The first kappa shape index (κ1) is 14.1. The van der Waals surface area contributed by atoms with E-state index in [2.05, 4.69) is 35.5 Å². The Hall–Kier alpha value is -1.81. The molecule has 1 aliphatic rings. The van der Waals surface area contributed by atoms with Crippen molar-refractivity contribution in [1.82, 2.24) is 15.1 Å². The molecule has 4 nitrogen and oxygen atoms in total. The Kier molecular flexibility index (Phi) is 4.25. The summed E-state index contributed by atoms with van der Waals surface area (Å²) in [6.07, 6.45) is 3.60. The zero-order valence-corrected chi connectivity index (χ0v) is 12.8. The number of hydrogen-bond donors (Lipinski definition) is 1. The van der Waals surface area contributed by atoms with Gasteiger partial charge < -0.3 is 10.1 Å². The van der Waals surface area contributed by atoms with Gasteiger partial charge in [-0.15, -0.1) is 0 Å². The minimum absolute atomic E-state index is 0.559. The highest BCUT2D eigenvalue weighted by Gasteiger charge is 2.19. The maximum Gasteiger partial charge on any atom is 0.130 e. The molecule has 1 saturated carbocycles. The van der Waals surface area contributed by atoms with E-state index in [1.165, 1.54) is 18.4 Å². The van der Waals surface area contributed by atoms with Crippen molar-refractivity contribution in [2.45, 2.75) is 45.4 Å². The fourth-order valence-electron chi connectivity index (χ4n) is 2.29. The van der Waals surface area contributed by atoms with Crippen LogP contribution in [-0.2, 0) is 26.6 Å². The van der Waals surface area contributed by atoms with Gasteiger partial charge in [0.2, 0.25) is 0 Å². The lowest BCUT2D eigenvalue weighted by Gasteiger charge is -2.08. The zero-order valence-electron chi connectivity index (χ0n) is 12.8. The SMILES string of the molecule is CCc1cc(COc2ccc(CNC3CC3)cc2)n(C)n1. The van der Waals surface area contributed by atoms with Crippen LogP contribution in [-0.4, -0.2) is 15.8 Å². The molecule has 1 aliphatic carbocycles. The van der Waals surface area contributed by atoms with E-state index in [-0.39, 0.29) is 0 Å². The zero-order chi connectivity index (χ0) is 14.7. The van der Waals surface area contributed by atoms with Crippen LogP contribution in [0, 0.1) is 0 Å². The van der Waals surface area contributed by atoms with Crippen LogP contribution < -0.4 is 10.1 Å². The lowest BCUT2D eigenvalue weighted by molar-refractivity contribution is 0.295. The Bertz CT molecular complexity index is 585. The summed E-state index contributed by atoms with van der Waals surface area (Å²) in [5.41, 5.74) is 3.52. The molecule has 0 saturated heterocycles. The van der Waals surface area contributed by atoms with Gasteiger partial charge in [0.25, 0.3) is 0 Å². The maximum absolute atomic E-state index is 5.84. The van der Waals surface area contributed by atoms with Crippen molar-refractivity contribution in [3.05, 3.63) is 47.3 Å². The summed E-state index contributed by atoms with van der Waals surface area (Å²) in [5, 5.41) is 7.95. The van der Waals surface area contributed by atoms with Crippen LogP contribution >= 0.6 is 0 Å². The Balaban J connectivity index is 1.53. The third-order valence-electron chi connectivity index (χ3n) is 3.87. The highest BCUT2D eigenvalue weighted by atomic mass is 16.5. The van der Waals surface area contributed by atoms with Crippen molar-refractivity contribution >= 4 is 0 Å². The van der Waals surface area contributed by atoms with Gasteiger partial charge in [0.15, 0.2) is 0 Å². The van der Waals surface area contributed by atoms with Crippen molar-refractivity contribution in [3.63, 3.8) is 0 Å². The Morgan fingerprint density at radius 2 is 2.05 bits per heavy atom. The van der Waals surface area contributed by atoms with E-state index in [9.17, 15) is 0 Å². The lowest BCUT2D eigenvalue weighted by Crippen LogP contribution is -2.15. The number of ether oxygens (including phenoxy) is 1. The topological polar surface area (TPSA) is 39.1 Å². The summed E-state index contributed by atoms with van der Waals surface area (Å²) >= 11 is 0. The normalized spacial score (nSPS) is 14.4. The van der Waals surface area contributed by atoms with Gasteiger partial charge in [0.05, 0.1) is 11.4 Å². The smallest absolute Gasteiger partial charge is 0.130 e. The van der Waals surface area contributed by atoms with Crippen LogP contribution in [0.2, 0.25) is 0 Å². The largest absolute Gasteiger partial charge is 0.487 e. The molecule has 0 radical (unpaired) electrons. The molecule has 1 aromatic carbocycles. The van der Waals surface area contributed by atoms with Gasteiger partial charge in [-0.05, 0) is 43.0 Å². The molecule has 112 valence electrons. The summed E-state index contributed by atoms with van der Waals surface area (Å²) in [7, 11) is 1.96. The average Bonchev–Trinajstić information content (AvgIpc) is 3.27. The maximum atomic E-state index is 5.84. The Morgan fingerprint density at radius 1 is 1.29 bits per heavy atom. The molecule has 1 N–H and O–H groups in total. The highest BCUT2D eigenvalue weighted by Crippen LogP contribution is 2.20. The molecule has 1 aromatic heterocycles. The van der Waals surface area contributed by atoms with Gasteiger partial charge in [-0.3, -0.25) is 4.68 Å². The number of hydrogen-bond acceptors (Lipinski definition) is 3. The molecule has 1 heterocycles. The second-order valence-corrected chi connectivity index (χ2v) is 5.69. The van der Waals surface area contributed by atoms with Crippen molar-refractivity contribution in [3.8, 4) is 5.75 Å². The van der Waals surface area contributed by atoms with Gasteiger partial charge in [0.1, 0.15) is 12.4 Å². The number of aryl methyl sites for hydroxylation is 2. The van der Waals surface area contributed by atoms with E-state index in [1.54, 1.807) is 0 Å². The number of benzene rings is 1. The quantitative estimate of drug-likeness (QED) is 0.850. The molecule has 0 bridgehead atoms. The predicted octanol–water partition coefficient (Wildman–Crippen LogP) is 2.81.